The summed E-state index contributed by atoms with van der Waals surface area (Å²) in [4.78, 5) is 24.1. The molecule has 0 spiro atoms. The monoisotopic (exact) mass is 574 g/mol. The highest BCUT2D eigenvalue weighted by atomic mass is 32.2. The van der Waals surface area contributed by atoms with Crippen molar-refractivity contribution in [1.82, 2.24) is 14.7 Å². The lowest BCUT2D eigenvalue weighted by molar-refractivity contribution is -0.124. The smallest absolute Gasteiger partial charge is 0.372 e. The van der Waals surface area contributed by atoms with Gasteiger partial charge in [0.1, 0.15) is 18.2 Å². The van der Waals surface area contributed by atoms with Crippen molar-refractivity contribution in [2.75, 3.05) is 24.7 Å². The molecule has 0 fully saturated rings. The molecule has 0 atom stereocenters. The number of rotatable bonds is 14. The second-order valence-corrected chi connectivity index (χ2v) is 10.9. The Balaban J connectivity index is 1.31. The van der Waals surface area contributed by atoms with Crippen LogP contribution in [0.25, 0.3) is 22.5 Å². The molecule has 1 heterocycles. The van der Waals surface area contributed by atoms with E-state index in [0.717, 1.165) is 34.8 Å². The fraction of sp³-hybridized carbons (Fsp3) is 0.258. The average Bonchev–Trinajstić information content (AvgIpc) is 2.97. The molecule has 0 bridgehead atoms. The van der Waals surface area contributed by atoms with Crippen molar-refractivity contribution in [3.05, 3.63) is 97.2 Å². The van der Waals surface area contributed by atoms with E-state index in [-0.39, 0.29) is 11.8 Å². The van der Waals surface area contributed by atoms with E-state index in [1.165, 1.54) is 12.1 Å². The van der Waals surface area contributed by atoms with Gasteiger partial charge in [0.15, 0.2) is 0 Å². The van der Waals surface area contributed by atoms with Crippen LogP contribution in [0.3, 0.4) is 0 Å². The predicted molar refractivity (Wildman–Crippen MR) is 160 cm³/mol. The molecular weight excluding hydrogens is 540 g/mol. The van der Waals surface area contributed by atoms with Gasteiger partial charge in [0.25, 0.3) is 5.91 Å². The first-order valence-electron chi connectivity index (χ1n) is 13.4. The van der Waals surface area contributed by atoms with E-state index < -0.39 is 22.8 Å². The second kappa shape index (κ2) is 14.4. The van der Waals surface area contributed by atoms with Crippen molar-refractivity contribution in [2.24, 2.45) is 0 Å². The summed E-state index contributed by atoms with van der Waals surface area (Å²) in [7, 11) is -4.28. The molecule has 0 saturated carbocycles. The Bertz CT molecular complexity index is 1500. The van der Waals surface area contributed by atoms with Crippen molar-refractivity contribution in [1.29, 1.82) is 0 Å². The number of nitrogens with zero attached hydrogens (tertiary/aromatic N) is 3. The Hall–Kier alpha value is -4.28. The lowest BCUT2D eigenvalue weighted by atomic mass is 10.0. The molecule has 0 saturated heterocycles. The number of hydrogen-bond acceptors (Lipinski definition) is 8. The summed E-state index contributed by atoms with van der Waals surface area (Å²) >= 11 is 0. The third-order valence-electron chi connectivity index (χ3n) is 6.13. The van der Waals surface area contributed by atoms with Crippen LogP contribution >= 0.6 is 0 Å². The minimum absolute atomic E-state index is 0.110. The van der Waals surface area contributed by atoms with E-state index in [9.17, 15) is 13.2 Å². The fourth-order valence-electron chi connectivity index (χ4n) is 4.20. The third-order valence-corrected chi connectivity index (χ3v) is 7.02. The van der Waals surface area contributed by atoms with Crippen LogP contribution in [-0.4, -0.2) is 50.1 Å². The molecule has 1 aromatic heterocycles. The van der Waals surface area contributed by atoms with E-state index >= 15 is 0 Å². The topological polar surface area (TPSA) is 111 Å². The van der Waals surface area contributed by atoms with Crippen LogP contribution in [0.4, 0.5) is 5.82 Å². The standard InChI is InChI=1S/C31H34N4O5S/c1-24(2)35(20-12-13-21-39-23-29(36)34-41(37,38)40-27-18-10-5-11-19-27)28-22-32-30(25-14-6-3-7-15-25)31(33-28)26-16-8-4-9-17-26/h3-11,14-19,22,24H,12-13,20-21,23H2,1-2H3,(H,34,36). The average molecular weight is 575 g/mol. The highest BCUT2D eigenvalue weighted by molar-refractivity contribution is 7.85. The molecule has 0 aliphatic carbocycles. The van der Waals surface area contributed by atoms with Crippen LogP contribution in [0.5, 0.6) is 5.75 Å². The lowest BCUT2D eigenvalue weighted by Crippen LogP contribution is -2.36. The quantitative estimate of drug-likeness (QED) is 0.203. The Morgan fingerprint density at radius 3 is 2.05 bits per heavy atom. The molecule has 4 rings (SSSR count). The maximum Gasteiger partial charge on any atom is 0.409 e. The zero-order valence-corrected chi connectivity index (χ0v) is 24.0. The van der Waals surface area contributed by atoms with Crippen molar-refractivity contribution in [2.45, 2.75) is 32.7 Å². The van der Waals surface area contributed by atoms with Gasteiger partial charge in [-0.15, -0.1) is 0 Å². The SMILES string of the molecule is CC(C)N(CCCCOCC(=O)NS(=O)(=O)Oc1ccccc1)c1cnc(-c2ccccc2)c(-c2ccccc2)n1. The number of nitrogens with one attached hydrogen (secondary N) is 1. The van der Waals surface area contributed by atoms with E-state index in [1.54, 1.807) is 18.2 Å². The Labute approximate surface area is 241 Å². The normalized spacial score (nSPS) is 11.3. The van der Waals surface area contributed by atoms with Crippen LogP contribution in [0.15, 0.2) is 97.2 Å². The van der Waals surface area contributed by atoms with Crippen molar-refractivity contribution >= 4 is 22.0 Å². The summed E-state index contributed by atoms with van der Waals surface area (Å²) in [6, 6.07) is 28.2. The third kappa shape index (κ3) is 8.86. The van der Waals surface area contributed by atoms with E-state index in [4.69, 9.17) is 18.9 Å². The van der Waals surface area contributed by atoms with Gasteiger partial charge in [0, 0.05) is 30.3 Å². The summed E-state index contributed by atoms with van der Waals surface area (Å²) in [6.45, 7) is 4.83. The molecule has 214 valence electrons. The van der Waals surface area contributed by atoms with Crippen LogP contribution in [-0.2, 0) is 19.8 Å². The molecule has 0 unspecified atom stereocenters. The molecule has 3 aromatic carbocycles. The van der Waals surface area contributed by atoms with Crippen LogP contribution < -0.4 is 13.8 Å². The number of hydrogen-bond donors (Lipinski definition) is 1. The van der Waals surface area contributed by atoms with Crippen LogP contribution in [0, 0.1) is 0 Å². The first kappa shape index (κ1) is 29.7. The Morgan fingerprint density at radius 2 is 1.44 bits per heavy atom. The molecule has 0 aliphatic rings. The number of benzene rings is 3. The number of amides is 1. The van der Waals surface area contributed by atoms with Gasteiger partial charge in [-0.2, -0.15) is 8.42 Å². The molecule has 0 aliphatic heterocycles. The van der Waals surface area contributed by atoms with Gasteiger partial charge in [-0.3, -0.25) is 9.78 Å². The number of carbonyl (C=O) groups is 1. The van der Waals surface area contributed by atoms with Crippen molar-refractivity contribution < 1.29 is 22.1 Å². The fourth-order valence-corrected chi connectivity index (χ4v) is 4.95. The van der Waals surface area contributed by atoms with Crippen LogP contribution in [0.1, 0.15) is 26.7 Å². The minimum atomic E-state index is -4.28. The predicted octanol–water partition coefficient (Wildman–Crippen LogP) is 5.26. The molecule has 1 amide bonds. The summed E-state index contributed by atoms with van der Waals surface area (Å²) < 4.78 is 36.1. The van der Waals surface area contributed by atoms with Crippen molar-refractivity contribution in [3.63, 3.8) is 0 Å². The summed E-state index contributed by atoms with van der Waals surface area (Å²) in [5.74, 6) is 0.0909. The van der Waals surface area contributed by atoms with Gasteiger partial charge in [-0.05, 0) is 38.8 Å². The molecule has 41 heavy (non-hydrogen) atoms. The Morgan fingerprint density at radius 1 is 0.854 bits per heavy atom. The van der Waals surface area contributed by atoms with Gasteiger partial charge < -0.3 is 13.8 Å². The lowest BCUT2D eigenvalue weighted by Gasteiger charge is -2.28. The molecule has 0 radical (unpaired) electrons. The van der Waals surface area contributed by atoms with Crippen molar-refractivity contribution in [3.8, 4) is 28.3 Å². The molecular formula is C31H34N4O5S. The maximum atomic E-state index is 12.0. The number of anilines is 1. The van der Waals surface area contributed by atoms with Gasteiger partial charge in [-0.25, -0.2) is 9.71 Å². The number of unbranched alkanes of at least 4 members (excludes halogenated alkanes) is 1. The maximum absolute atomic E-state index is 12.0. The summed E-state index contributed by atoms with van der Waals surface area (Å²) in [5.41, 5.74) is 3.64. The second-order valence-electron chi connectivity index (χ2n) is 9.58. The van der Waals surface area contributed by atoms with E-state index in [0.29, 0.717) is 19.6 Å². The highest BCUT2D eigenvalue weighted by Crippen LogP contribution is 2.31. The van der Waals surface area contributed by atoms with E-state index in [1.807, 2.05) is 71.6 Å². The van der Waals surface area contributed by atoms with Gasteiger partial charge in [-0.1, -0.05) is 78.9 Å². The zero-order valence-electron chi connectivity index (χ0n) is 23.1. The summed E-state index contributed by atoms with van der Waals surface area (Å²) in [5, 5.41) is 0. The van der Waals surface area contributed by atoms with Gasteiger partial charge >= 0.3 is 10.3 Å². The molecule has 9 nitrogen and oxygen atoms in total. The first-order chi connectivity index (χ1) is 19.8. The van der Waals surface area contributed by atoms with Gasteiger partial charge in [0.2, 0.25) is 0 Å². The minimum Gasteiger partial charge on any atom is -0.372 e. The molecule has 4 aromatic rings. The van der Waals surface area contributed by atoms with E-state index in [2.05, 4.69) is 18.7 Å². The number of ether oxygens (including phenoxy) is 1. The largest absolute Gasteiger partial charge is 0.409 e. The Kier molecular flexibility index (Phi) is 10.4. The van der Waals surface area contributed by atoms with Crippen LogP contribution in [0.2, 0.25) is 0 Å². The molecule has 10 heteroatoms. The zero-order chi connectivity index (χ0) is 29.1. The number of para-hydroxylation sites is 1. The number of carbonyl (C=O) groups excluding carboxylic acids is 1. The number of aromatic nitrogens is 2. The highest BCUT2D eigenvalue weighted by Gasteiger charge is 2.18. The summed E-state index contributed by atoms with van der Waals surface area (Å²) in [6.07, 6.45) is 3.26. The first-order valence-corrected chi connectivity index (χ1v) is 14.9. The van der Waals surface area contributed by atoms with Gasteiger partial charge in [0.05, 0.1) is 17.6 Å². The molecule has 1 N–H and O–H groups in total.